The predicted octanol–water partition coefficient (Wildman–Crippen LogP) is 2.22. The minimum atomic E-state index is 0.344. The van der Waals surface area contributed by atoms with E-state index in [1.807, 2.05) is 18.2 Å². The van der Waals surface area contributed by atoms with Crippen molar-refractivity contribution in [3.63, 3.8) is 0 Å². The summed E-state index contributed by atoms with van der Waals surface area (Å²) in [5, 5.41) is 11.1. The Hall–Kier alpha value is -2.40. The fourth-order valence-electron chi connectivity index (χ4n) is 3.79. The van der Waals surface area contributed by atoms with E-state index in [-0.39, 0.29) is 0 Å². The number of rotatable bonds is 6. The Morgan fingerprint density at radius 3 is 3.00 bits per heavy atom. The number of nitrogens with one attached hydrogen (secondary N) is 3. The average molecular weight is 427 g/mol. The monoisotopic (exact) mass is 426 g/mol. The van der Waals surface area contributed by atoms with Crippen LogP contribution in [0.25, 0.3) is 10.3 Å². The van der Waals surface area contributed by atoms with Crippen LogP contribution in [0, 0.1) is 0 Å². The first-order valence-corrected chi connectivity index (χ1v) is 11.3. The minimum absolute atomic E-state index is 0.344. The largest absolute Gasteiger partial charge is 0.379 e. The molecule has 2 saturated heterocycles. The molecule has 5 rings (SSSR count). The van der Waals surface area contributed by atoms with E-state index >= 15 is 0 Å². The Morgan fingerprint density at radius 1 is 1.23 bits per heavy atom. The number of hydrogen-bond acceptors (Lipinski definition) is 10. The normalized spacial score (nSPS) is 20.3. The molecule has 1 unspecified atom stereocenters. The smallest absolute Gasteiger partial charge is 0.225 e. The van der Waals surface area contributed by atoms with Crippen molar-refractivity contribution in [2.24, 2.45) is 0 Å². The van der Waals surface area contributed by atoms with E-state index in [0.717, 1.165) is 85.8 Å². The molecule has 158 valence electrons. The molecule has 0 aliphatic carbocycles. The van der Waals surface area contributed by atoms with Gasteiger partial charge in [0, 0.05) is 44.5 Å². The van der Waals surface area contributed by atoms with Gasteiger partial charge < -0.3 is 20.7 Å². The van der Waals surface area contributed by atoms with E-state index in [9.17, 15) is 0 Å². The van der Waals surface area contributed by atoms with Gasteiger partial charge in [0.25, 0.3) is 0 Å². The van der Waals surface area contributed by atoms with Crippen molar-refractivity contribution in [3.05, 3.63) is 30.1 Å². The van der Waals surface area contributed by atoms with Gasteiger partial charge in [0.2, 0.25) is 5.95 Å². The highest BCUT2D eigenvalue weighted by Gasteiger charge is 2.17. The van der Waals surface area contributed by atoms with Crippen LogP contribution in [0.5, 0.6) is 0 Å². The molecule has 3 aromatic rings. The van der Waals surface area contributed by atoms with Crippen LogP contribution in [-0.2, 0) is 11.3 Å². The Bertz CT molecular complexity index is 913. The van der Waals surface area contributed by atoms with Crippen LogP contribution in [0.4, 0.5) is 16.9 Å². The molecule has 0 amide bonds. The number of fused-ring (bicyclic) bond motifs is 1. The number of nitrogens with zero attached hydrogens (tertiary/aromatic N) is 5. The topological polar surface area (TPSA) is 100 Å². The molecule has 0 saturated carbocycles. The Kier molecular flexibility index (Phi) is 5.98. The molecule has 10 heteroatoms. The molecule has 30 heavy (non-hydrogen) atoms. The van der Waals surface area contributed by atoms with Gasteiger partial charge in [-0.25, -0.2) is 15.0 Å². The summed E-state index contributed by atoms with van der Waals surface area (Å²) in [6.07, 6.45) is 4.07. The van der Waals surface area contributed by atoms with Crippen molar-refractivity contribution in [1.29, 1.82) is 0 Å². The standard InChI is InChI=1S/C20H26N8OS/c1-3-14(12-21-5-1)23-19-24-15(13-28-7-9-29-10-8-28)11-17(26-19)27-20-25-16-4-2-6-22-18(16)30-20/h2,4,6,11,14,21H,1,3,5,7-10,12-13H2,(H2,23,24,25,26,27). The highest BCUT2D eigenvalue weighted by molar-refractivity contribution is 7.21. The number of pyridine rings is 1. The lowest BCUT2D eigenvalue weighted by Crippen LogP contribution is -2.39. The molecule has 0 radical (unpaired) electrons. The van der Waals surface area contributed by atoms with Crippen LogP contribution in [0.2, 0.25) is 0 Å². The number of thiazole rings is 1. The molecule has 1 atom stereocenters. The number of morpholine rings is 1. The summed E-state index contributed by atoms with van der Waals surface area (Å²) in [5.74, 6) is 1.41. The van der Waals surface area contributed by atoms with Gasteiger partial charge in [-0.2, -0.15) is 4.98 Å². The summed E-state index contributed by atoms with van der Waals surface area (Å²) in [6.45, 7) is 6.18. The molecule has 0 bridgehead atoms. The second-order valence-corrected chi connectivity index (χ2v) is 8.59. The summed E-state index contributed by atoms with van der Waals surface area (Å²) in [6, 6.07) is 6.23. The van der Waals surface area contributed by atoms with Gasteiger partial charge in [0.05, 0.1) is 18.9 Å². The van der Waals surface area contributed by atoms with Crippen molar-refractivity contribution in [1.82, 2.24) is 30.2 Å². The zero-order chi connectivity index (χ0) is 20.2. The molecule has 3 N–H and O–H groups in total. The molecule has 9 nitrogen and oxygen atoms in total. The average Bonchev–Trinajstić information content (AvgIpc) is 3.17. The van der Waals surface area contributed by atoms with Gasteiger partial charge in [0.15, 0.2) is 5.13 Å². The summed E-state index contributed by atoms with van der Waals surface area (Å²) in [5.41, 5.74) is 1.87. The third kappa shape index (κ3) is 4.84. The van der Waals surface area contributed by atoms with Crippen molar-refractivity contribution in [3.8, 4) is 0 Å². The first-order valence-electron chi connectivity index (χ1n) is 10.5. The maximum Gasteiger partial charge on any atom is 0.225 e. The maximum absolute atomic E-state index is 5.47. The van der Waals surface area contributed by atoms with E-state index in [2.05, 4.69) is 30.8 Å². The van der Waals surface area contributed by atoms with Crippen LogP contribution < -0.4 is 16.0 Å². The predicted molar refractivity (Wildman–Crippen MR) is 118 cm³/mol. The van der Waals surface area contributed by atoms with Gasteiger partial charge in [-0.15, -0.1) is 0 Å². The highest BCUT2D eigenvalue weighted by Crippen LogP contribution is 2.26. The molecular weight excluding hydrogens is 400 g/mol. The summed E-state index contributed by atoms with van der Waals surface area (Å²) >= 11 is 1.52. The molecule has 0 aromatic carbocycles. The molecule has 5 heterocycles. The van der Waals surface area contributed by atoms with Crippen LogP contribution in [0.3, 0.4) is 0 Å². The van der Waals surface area contributed by atoms with E-state index in [0.29, 0.717) is 12.0 Å². The van der Waals surface area contributed by atoms with Crippen molar-refractivity contribution < 1.29 is 4.74 Å². The molecule has 2 aliphatic rings. The van der Waals surface area contributed by atoms with Crippen LogP contribution in [0.15, 0.2) is 24.4 Å². The molecule has 0 spiro atoms. The second-order valence-electron chi connectivity index (χ2n) is 7.62. The third-order valence-corrected chi connectivity index (χ3v) is 6.19. The number of aromatic nitrogens is 4. The van der Waals surface area contributed by atoms with Crippen molar-refractivity contribution >= 4 is 38.6 Å². The molecule has 3 aromatic heterocycles. The minimum Gasteiger partial charge on any atom is -0.379 e. The Morgan fingerprint density at radius 2 is 2.17 bits per heavy atom. The van der Waals surface area contributed by atoms with E-state index in [1.165, 1.54) is 11.3 Å². The van der Waals surface area contributed by atoms with E-state index in [1.54, 1.807) is 6.20 Å². The lowest BCUT2D eigenvalue weighted by molar-refractivity contribution is 0.0336. The first-order chi connectivity index (χ1) is 14.8. The fraction of sp³-hybridized carbons (Fsp3) is 0.500. The van der Waals surface area contributed by atoms with Gasteiger partial charge in [-0.05, 0) is 31.5 Å². The first kappa shape index (κ1) is 19.6. The van der Waals surface area contributed by atoms with Crippen molar-refractivity contribution in [2.45, 2.75) is 25.4 Å². The lowest BCUT2D eigenvalue weighted by Gasteiger charge is -2.27. The number of hydrogen-bond donors (Lipinski definition) is 3. The number of piperidine rings is 1. The fourth-order valence-corrected chi connectivity index (χ4v) is 4.60. The van der Waals surface area contributed by atoms with E-state index in [4.69, 9.17) is 14.7 Å². The van der Waals surface area contributed by atoms with Gasteiger partial charge in [-0.3, -0.25) is 4.90 Å². The molecule has 2 aliphatic heterocycles. The highest BCUT2D eigenvalue weighted by atomic mass is 32.1. The lowest BCUT2D eigenvalue weighted by atomic mass is 10.1. The number of anilines is 3. The molecular formula is C20H26N8OS. The zero-order valence-electron chi connectivity index (χ0n) is 16.8. The van der Waals surface area contributed by atoms with Gasteiger partial charge in [0.1, 0.15) is 16.2 Å². The van der Waals surface area contributed by atoms with E-state index < -0.39 is 0 Å². The molecule has 2 fully saturated rings. The van der Waals surface area contributed by atoms with Gasteiger partial charge in [-0.1, -0.05) is 11.3 Å². The second kappa shape index (κ2) is 9.17. The summed E-state index contributed by atoms with van der Waals surface area (Å²) < 4.78 is 5.47. The van der Waals surface area contributed by atoms with Crippen LogP contribution >= 0.6 is 11.3 Å². The van der Waals surface area contributed by atoms with Crippen LogP contribution in [-0.4, -0.2) is 70.3 Å². The summed E-state index contributed by atoms with van der Waals surface area (Å²) in [4.78, 5) is 21.8. The quantitative estimate of drug-likeness (QED) is 0.548. The SMILES string of the molecule is c1cnc2sc(Nc3cc(CN4CCOCC4)nc(NC4CCCNC4)n3)nc2c1. The summed E-state index contributed by atoms with van der Waals surface area (Å²) in [7, 11) is 0. The Labute approximate surface area is 179 Å². The third-order valence-electron chi connectivity index (χ3n) is 5.30. The zero-order valence-corrected chi connectivity index (χ0v) is 17.6. The number of ether oxygens (including phenoxy) is 1. The maximum atomic E-state index is 5.47. The van der Waals surface area contributed by atoms with Gasteiger partial charge >= 0.3 is 0 Å². The van der Waals surface area contributed by atoms with Crippen molar-refractivity contribution in [2.75, 3.05) is 50.0 Å². The van der Waals surface area contributed by atoms with Crippen LogP contribution in [0.1, 0.15) is 18.5 Å². The Balaban J connectivity index is 1.38.